The van der Waals surface area contributed by atoms with Gasteiger partial charge in [0.1, 0.15) is 0 Å². The molecule has 1 aromatic carbocycles. The molecule has 0 saturated carbocycles. The number of aryl methyl sites for hydroxylation is 2. The predicted molar refractivity (Wildman–Crippen MR) is 65.7 cm³/mol. The van der Waals surface area contributed by atoms with E-state index in [1.807, 2.05) is 13.3 Å². The molecule has 1 aromatic heterocycles. The maximum atomic E-state index is 5.76. The topological polar surface area (TPSA) is 43.8 Å². The number of benzene rings is 1. The zero-order valence-corrected chi connectivity index (χ0v) is 9.99. The summed E-state index contributed by atoms with van der Waals surface area (Å²) in [5.41, 5.74) is 11.5. The molecule has 3 heteroatoms. The third kappa shape index (κ3) is 1.74. The standard InChI is InChI=1S/C13H17N3/c1-9-4-5-12(7-14)13(6-9)16-8-15-10(2)11(16)3/h4-6,8H,7,14H2,1-3H3. The van der Waals surface area contributed by atoms with E-state index in [2.05, 4.69) is 41.6 Å². The lowest BCUT2D eigenvalue weighted by Crippen LogP contribution is -2.05. The van der Waals surface area contributed by atoms with Crippen LogP contribution in [-0.2, 0) is 6.54 Å². The van der Waals surface area contributed by atoms with Gasteiger partial charge in [0.2, 0.25) is 0 Å². The van der Waals surface area contributed by atoms with Gasteiger partial charge in [-0.05, 0) is 38.0 Å². The van der Waals surface area contributed by atoms with Crippen molar-refractivity contribution in [2.45, 2.75) is 27.3 Å². The van der Waals surface area contributed by atoms with Crippen molar-refractivity contribution in [3.8, 4) is 5.69 Å². The van der Waals surface area contributed by atoms with E-state index in [1.165, 1.54) is 11.3 Å². The van der Waals surface area contributed by atoms with E-state index in [4.69, 9.17) is 5.73 Å². The van der Waals surface area contributed by atoms with Gasteiger partial charge in [0.15, 0.2) is 0 Å². The Labute approximate surface area is 95.9 Å². The molecular formula is C13H17N3. The minimum absolute atomic E-state index is 0.548. The van der Waals surface area contributed by atoms with Crippen LogP contribution in [0.25, 0.3) is 5.69 Å². The lowest BCUT2D eigenvalue weighted by molar-refractivity contribution is 0.949. The highest BCUT2D eigenvalue weighted by Gasteiger charge is 2.08. The van der Waals surface area contributed by atoms with E-state index in [1.54, 1.807) is 0 Å². The van der Waals surface area contributed by atoms with Crippen LogP contribution in [0.15, 0.2) is 24.5 Å². The molecule has 3 nitrogen and oxygen atoms in total. The number of hydrogen-bond acceptors (Lipinski definition) is 2. The molecule has 2 aromatic rings. The monoisotopic (exact) mass is 215 g/mol. The predicted octanol–water partition coefficient (Wildman–Crippen LogP) is 2.26. The minimum Gasteiger partial charge on any atom is -0.326 e. The molecule has 2 rings (SSSR count). The number of nitrogens with two attached hydrogens (primary N) is 1. The van der Waals surface area contributed by atoms with Crippen LogP contribution in [0.3, 0.4) is 0 Å². The second-order valence-corrected chi connectivity index (χ2v) is 4.12. The summed E-state index contributed by atoms with van der Waals surface area (Å²) in [5.74, 6) is 0. The molecule has 1 heterocycles. The molecule has 0 radical (unpaired) electrons. The van der Waals surface area contributed by atoms with Gasteiger partial charge in [-0.2, -0.15) is 0 Å². The summed E-state index contributed by atoms with van der Waals surface area (Å²) in [6.07, 6.45) is 1.86. The van der Waals surface area contributed by atoms with Gasteiger partial charge in [0.25, 0.3) is 0 Å². The Balaban J connectivity index is 2.62. The van der Waals surface area contributed by atoms with E-state index < -0.39 is 0 Å². The lowest BCUT2D eigenvalue weighted by atomic mass is 10.1. The largest absolute Gasteiger partial charge is 0.326 e. The molecule has 0 aliphatic rings. The van der Waals surface area contributed by atoms with Gasteiger partial charge in [-0.15, -0.1) is 0 Å². The molecule has 0 bridgehead atoms. The number of rotatable bonds is 2. The van der Waals surface area contributed by atoms with Gasteiger partial charge in [0, 0.05) is 12.2 Å². The first kappa shape index (κ1) is 10.9. The summed E-state index contributed by atoms with van der Waals surface area (Å²) in [7, 11) is 0. The molecule has 0 amide bonds. The summed E-state index contributed by atoms with van der Waals surface area (Å²) in [4.78, 5) is 4.32. The Hall–Kier alpha value is -1.61. The van der Waals surface area contributed by atoms with Gasteiger partial charge in [-0.1, -0.05) is 12.1 Å². The van der Waals surface area contributed by atoms with E-state index in [9.17, 15) is 0 Å². The summed E-state index contributed by atoms with van der Waals surface area (Å²) in [6.45, 7) is 6.73. The van der Waals surface area contributed by atoms with Crippen molar-refractivity contribution in [1.29, 1.82) is 0 Å². The quantitative estimate of drug-likeness (QED) is 0.835. The molecule has 0 aliphatic heterocycles. The maximum Gasteiger partial charge on any atom is 0.0997 e. The van der Waals surface area contributed by atoms with E-state index in [0.717, 1.165) is 16.9 Å². The fraction of sp³-hybridized carbons (Fsp3) is 0.308. The van der Waals surface area contributed by atoms with Crippen molar-refractivity contribution < 1.29 is 0 Å². The average Bonchev–Trinajstić information content (AvgIpc) is 2.60. The van der Waals surface area contributed by atoms with Gasteiger partial charge in [-0.25, -0.2) is 4.98 Å². The van der Waals surface area contributed by atoms with E-state index in [0.29, 0.717) is 6.54 Å². The molecule has 0 fully saturated rings. The van der Waals surface area contributed by atoms with Gasteiger partial charge >= 0.3 is 0 Å². The van der Waals surface area contributed by atoms with E-state index in [-0.39, 0.29) is 0 Å². The van der Waals surface area contributed by atoms with Crippen molar-refractivity contribution in [1.82, 2.24) is 9.55 Å². The molecule has 0 aliphatic carbocycles. The summed E-state index contributed by atoms with van der Waals surface area (Å²) in [6, 6.07) is 6.32. The number of nitrogens with zero attached hydrogens (tertiary/aromatic N) is 2. The molecule has 2 N–H and O–H groups in total. The smallest absolute Gasteiger partial charge is 0.0997 e. The zero-order chi connectivity index (χ0) is 11.7. The van der Waals surface area contributed by atoms with Crippen LogP contribution in [0.1, 0.15) is 22.5 Å². The summed E-state index contributed by atoms with van der Waals surface area (Å²) >= 11 is 0. The number of imidazole rings is 1. The highest BCUT2D eigenvalue weighted by atomic mass is 15.1. The van der Waals surface area contributed by atoms with Crippen molar-refractivity contribution >= 4 is 0 Å². The second kappa shape index (κ2) is 4.10. The Morgan fingerprint density at radius 3 is 2.56 bits per heavy atom. The van der Waals surface area contributed by atoms with Crippen molar-refractivity contribution in [2.24, 2.45) is 5.73 Å². The van der Waals surface area contributed by atoms with Crippen LogP contribution in [0.2, 0.25) is 0 Å². The Morgan fingerprint density at radius 1 is 1.25 bits per heavy atom. The number of aromatic nitrogens is 2. The third-order valence-electron chi connectivity index (χ3n) is 2.97. The second-order valence-electron chi connectivity index (χ2n) is 4.12. The molecule has 0 saturated heterocycles. The highest BCUT2D eigenvalue weighted by molar-refractivity contribution is 5.45. The van der Waals surface area contributed by atoms with Crippen LogP contribution in [0.5, 0.6) is 0 Å². The molecule has 84 valence electrons. The first-order chi connectivity index (χ1) is 7.63. The van der Waals surface area contributed by atoms with Gasteiger partial charge in [0.05, 0.1) is 17.7 Å². The lowest BCUT2D eigenvalue weighted by Gasteiger charge is -2.11. The first-order valence-electron chi connectivity index (χ1n) is 5.44. The normalized spacial score (nSPS) is 10.8. The Bertz CT molecular complexity index is 512. The average molecular weight is 215 g/mol. The van der Waals surface area contributed by atoms with E-state index >= 15 is 0 Å². The molecule has 0 spiro atoms. The van der Waals surface area contributed by atoms with Crippen LogP contribution in [-0.4, -0.2) is 9.55 Å². The SMILES string of the molecule is Cc1ccc(CN)c(-n2cnc(C)c2C)c1. The number of hydrogen-bond donors (Lipinski definition) is 1. The van der Waals surface area contributed by atoms with Crippen molar-refractivity contribution in [2.75, 3.05) is 0 Å². The molecule has 0 unspecified atom stereocenters. The van der Waals surface area contributed by atoms with Gasteiger partial charge in [-0.3, -0.25) is 0 Å². The fourth-order valence-electron chi connectivity index (χ4n) is 1.81. The zero-order valence-electron chi connectivity index (χ0n) is 9.99. The van der Waals surface area contributed by atoms with Crippen LogP contribution >= 0.6 is 0 Å². The summed E-state index contributed by atoms with van der Waals surface area (Å²) in [5, 5.41) is 0. The molecular weight excluding hydrogens is 198 g/mol. The Kier molecular flexibility index (Phi) is 2.79. The minimum atomic E-state index is 0.548. The first-order valence-corrected chi connectivity index (χ1v) is 5.44. The fourth-order valence-corrected chi connectivity index (χ4v) is 1.81. The highest BCUT2D eigenvalue weighted by Crippen LogP contribution is 2.19. The molecule has 16 heavy (non-hydrogen) atoms. The van der Waals surface area contributed by atoms with Crippen LogP contribution in [0.4, 0.5) is 0 Å². The van der Waals surface area contributed by atoms with Crippen molar-refractivity contribution in [3.63, 3.8) is 0 Å². The van der Waals surface area contributed by atoms with Crippen LogP contribution in [0, 0.1) is 20.8 Å². The van der Waals surface area contributed by atoms with Crippen LogP contribution < -0.4 is 5.73 Å². The third-order valence-corrected chi connectivity index (χ3v) is 2.97. The maximum absolute atomic E-state index is 5.76. The van der Waals surface area contributed by atoms with Crippen molar-refractivity contribution in [3.05, 3.63) is 47.0 Å². The molecule has 0 atom stereocenters. The van der Waals surface area contributed by atoms with Gasteiger partial charge < -0.3 is 10.3 Å². The summed E-state index contributed by atoms with van der Waals surface area (Å²) < 4.78 is 2.10. The Morgan fingerprint density at radius 2 is 2.00 bits per heavy atom.